The standard InChI is InChI=1S/C15H20ClN3O2S/c1-5-6-7-17-12-10-9(4)11(14(20)21-8(2)3)22-13(10)19-15(16)18-12/h8H,5-7H2,1-4H3,(H,17,18,19). The van der Waals surface area contributed by atoms with Gasteiger partial charge in [-0.3, -0.25) is 0 Å². The van der Waals surface area contributed by atoms with Crippen LogP contribution in [0.4, 0.5) is 5.82 Å². The van der Waals surface area contributed by atoms with Crippen LogP contribution in [0.25, 0.3) is 10.2 Å². The quantitative estimate of drug-likeness (QED) is 0.478. The van der Waals surface area contributed by atoms with Gasteiger partial charge in [0.15, 0.2) is 0 Å². The van der Waals surface area contributed by atoms with Crippen LogP contribution in [-0.2, 0) is 4.74 Å². The van der Waals surface area contributed by atoms with Crippen LogP contribution in [0.1, 0.15) is 48.8 Å². The summed E-state index contributed by atoms with van der Waals surface area (Å²) in [6.45, 7) is 8.47. The average molecular weight is 342 g/mol. The molecule has 120 valence electrons. The van der Waals surface area contributed by atoms with Gasteiger partial charge >= 0.3 is 5.97 Å². The number of thiophene rings is 1. The van der Waals surface area contributed by atoms with Crippen LogP contribution in [0.2, 0.25) is 5.28 Å². The van der Waals surface area contributed by atoms with Gasteiger partial charge in [-0.05, 0) is 44.4 Å². The Morgan fingerprint density at radius 1 is 1.41 bits per heavy atom. The van der Waals surface area contributed by atoms with E-state index in [1.54, 1.807) is 0 Å². The highest BCUT2D eigenvalue weighted by Crippen LogP contribution is 2.35. The Labute approximate surface area is 139 Å². The Morgan fingerprint density at radius 2 is 2.14 bits per heavy atom. The van der Waals surface area contributed by atoms with E-state index in [0.717, 1.165) is 30.3 Å². The Hall–Kier alpha value is -1.40. The lowest BCUT2D eigenvalue weighted by atomic mass is 10.2. The predicted octanol–water partition coefficient (Wildman–Crippen LogP) is 4.43. The van der Waals surface area contributed by atoms with E-state index in [-0.39, 0.29) is 17.4 Å². The van der Waals surface area contributed by atoms with E-state index in [0.29, 0.717) is 15.5 Å². The zero-order valence-corrected chi connectivity index (χ0v) is 14.8. The molecule has 0 fully saturated rings. The summed E-state index contributed by atoms with van der Waals surface area (Å²) in [4.78, 5) is 21.9. The number of carbonyl (C=O) groups excluding carboxylic acids is 1. The molecule has 0 saturated heterocycles. The number of carbonyl (C=O) groups is 1. The minimum absolute atomic E-state index is 0.158. The van der Waals surface area contributed by atoms with Gasteiger partial charge in [-0.1, -0.05) is 13.3 Å². The molecule has 0 radical (unpaired) electrons. The molecule has 0 aliphatic carbocycles. The molecular formula is C15H20ClN3O2S. The highest BCUT2D eigenvalue weighted by molar-refractivity contribution is 7.20. The number of hydrogen-bond donors (Lipinski definition) is 1. The molecule has 2 aromatic heterocycles. The number of nitrogens with zero attached hydrogens (tertiary/aromatic N) is 2. The molecule has 1 N–H and O–H groups in total. The zero-order valence-electron chi connectivity index (χ0n) is 13.2. The maximum absolute atomic E-state index is 12.2. The van der Waals surface area contributed by atoms with Crippen molar-refractivity contribution < 1.29 is 9.53 Å². The largest absolute Gasteiger partial charge is 0.459 e. The highest BCUT2D eigenvalue weighted by atomic mass is 35.5. The highest BCUT2D eigenvalue weighted by Gasteiger charge is 2.21. The molecule has 0 amide bonds. The van der Waals surface area contributed by atoms with E-state index >= 15 is 0 Å². The summed E-state index contributed by atoms with van der Waals surface area (Å²) in [6, 6.07) is 0. The number of nitrogens with one attached hydrogen (secondary N) is 1. The molecule has 0 saturated carbocycles. The van der Waals surface area contributed by atoms with Crippen LogP contribution < -0.4 is 5.32 Å². The number of aryl methyl sites for hydroxylation is 1. The summed E-state index contributed by atoms with van der Waals surface area (Å²) in [5.74, 6) is 0.354. The molecule has 7 heteroatoms. The first-order chi connectivity index (χ1) is 10.4. The van der Waals surface area contributed by atoms with Gasteiger partial charge < -0.3 is 10.1 Å². The van der Waals surface area contributed by atoms with E-state index in [1.165, 1.54) is 11.3 Å². The van der Waals surface area contributed by atoms with Crippen LogP contribution in [0.5, 0.6) is 0 Å². The van der Waals surface area contributed by atoms with Crippen LogP contribution in [0.3, 0.4) is 0 Å². The number of halogens is 1. The van der Waals surface area contributed by atoms with Crippen molar-refractivity contribution in [3.8, 4) is 0 Å². The van der Waals surface area contributed by atoms with Crippen LogP contribution >= 0.6 is 22.9 Å². The Bertz CT molecular complexity index is 685. The number of unbranched alkanes of at least 4 members (excludes halogenated alkanes) is 1. The summed E-state index contributed by atoms with van der Waals surface area (Å²) in [6.07, 6.45) is 1.96. The van der Waals surface area contributed by atoms with Crippen LogP contribution in [-0.4, -0.2) is 28.6 Å². The minimum Gasteiger partial charge on any atom is -0.459 e. The lowest BCUT2D eigenvalue weighted by Crippen LogP contribution is -2.11. The van der Waals surface area contributed by atoms with Crippen molar-refractivity contribution >= 4 is 44.9 Å². The molecule has 0 aliphatic heterocycles. The molecule has 0 bridgehead atoms. The fraction of sp³-hybridized carbons (Fsp3) is 0.533. The second-order valence-corrected chi connectivity index (χ2v) is 6.65. The van der Waals surface area contributed by atoms with Crippen molar-refractivity contribution in [1.82, 2.24) is 9.97 Å². The smallest absolute Gasteiger partial charge is 0.348 e. The minimum atomic E-state index is -0.328. The van der Waals surface area contributed by atoms with Crippen molar-refractivity contribution in [2.75, 3.05) is 11.9 Å². The van der Waals surface area contributed by atoms with E-state index < -0.39 is 0 Å². The molecule has 0 aromatic carbocycles. The number of anilines is 1. The van der Waals surface area contributed by atoms with Gasteiger partial charge in [0.25, 0.3) is 0 Å². The first-order valence-electron chi connectivity index (χ1n) is 7.35. The van der Waals surface area contributed by atoms with Gasteiger partial charge in [-0.25, -0.2) is 14.8 Å². The summed E-state index contributed by atoms with van der Waals surface area (Å²) in [7, 11) is 0. The van der Waals surface area contributed by atoms with Gasteiger partial charge in [0.1, 0.15) is 15.5 Å². The number of aromatic nitrogens is 2. The van der Waals surface area contributed by atoms with Crippen molar-refractivity contribution in [2.24, 2.45) is 0 Å². The van der Waals surface area contributed by atoms with Crippen molar-refractivity contribution in [2.45, 2.75) is 46.6 Å². The van der Waals surface area contributed by atoms with Crippen molar-refractivity contribution in [3.63, 3.8) is 0 Å². The molecule has 0 aliphatic rings. The first-order valence-corrected chi connectivity index (χ1v) is 8.55. The molecule has 0 unspecified atom stereocenters. The maximum Gasteiger partial charge on any atom is 0.348 e. The monoisotopic (exact) mass is 341 g/mol. The average Bonchev–Trinajstić information content (AvgIpc) is 2.75. The second-order valence-electron chi connectivity index (χ2n) is 5.31. The van der Waals surface area contributed by atoms with Gasteiger partial charge in [0.2, 0.25) is 5.28 Å². The van der Waals surface area contributed by atoms with Gasteiger partial charge in [0.05, 0.1) is 11.5 Å². The normalized spacial score (nSPS) is 11.2. The van der Waals surface area contributed by atoms with Crippen LogP contribution in [0.15, 0.2) is 0 Å². The molecule has 2 heterocycles. The van der Waals surface area contributed by atoms with E-state index in [2.05, 4.69) is 22.2 Å². The Morgan fingerprint density at radius 3 is 2.77 bits per heavy atom. The molecule has 0 atom stereocenters. The van der Waals surface area contributed by atoms with Gasteiger partial charge in [-0.2, -0.15) is 0 Å². The van der Waals surface area contributed by atoms with Gasteiger partial charge in [-0.15, -0.1) is 11.3 Å². The van der Waals surface area contributed by atoms with Crippen molar-refractivity contribution in [1.29, 1.82) is 0 Å². The molecule has 5 nitrogen and oxygen atoms in total. The lowest BCUT2D eigenvalue weighted by Gasteiger charge is -2.08. The second kappa shape index (κ2) is 7.24. The van der Waals surface area contributed by atoms with E-state index in [4.69, 9.17) is 16.3 Å². The summed E-state index contributed by atoms with van der Waals surface area (Å²) in [5.41, 5.74) is 0.835. The van der Waals surface area contributed by atoms with Gasteiger partial charge in [0, 0.05) is 6.54 Å². The molecule has 22 heavy (non-hydrogen) atoms. The number of esters is 1. The topological polar surface area (TPSA) is 64.1 Å². The van der Waals surface area contributed by atoms with E-state index in [9.17, 15) is 4.79 Å². The molecule has 0 spiro atoms. The Balaban J connectivity index is 2.44. The zero-order chi connectivity index (χ0) is 16.3. The van der Waals surface area contributed by atoms with Crippen molar-refractivity contribution in [3.05, 3.63) is 15.7 Å². The molecule has 2 aromatic rings. The third-order valence-corrected chi connectivity index (χ3v) is 4.45. The first kappa shape index (κ1) is 17.0. The maximum atomic E-state index is 12.2. The summed E-state index contributed by atoms with van der Waals surface area (Å²) < 4.78 is 5.29. The molecule has 2 rings (SSSR count). The predicted molar refractivity (Wildman–Crippen MR) is 91.1 cm³/mol. The third-order valence-electron chi connectivity index (χ3n) is 3.11. The number of ether oxygens (including phenoxy) is 1. The Kier molecular flexibility index (Phi) is 5.58. The fourth-order valence-corrected chi connectivity index (χ4v) is 3.37. The number of fused-ring (bicyclic) bond motifs is 1. The van der Waals surface area contributed by atoms with Crippen LogP contribution in [0, 0.1) is 6.92 Å². The fourth-order valence-electron chi connectivity index (χ4n) is 2.09. The summed E-state index contributed by atoms with van der Waals surface area (Å²) in [5, 5.41) is 4.31. The lowest BCUT2D eigenvalue weighted by molar-refractivity contribution is 0.0383. The number of hydrogen-bond acceptors (Lipinski definition) is 6. The van der Waals surface area contributed by atoms with E-state index in [1.807, 2.05) is 20.8 Å². The molecular weight excluding hydrogens is 322 g/mol. The SMILES string of the molecule is CCCCNc1nc(Cl)nc2sc(C(=O)OC(C)C)c(C)c12. The summed E-state index contributed by atoms with van der Waals surface area (Å²) >= 11 is 7.28. The number of rotatable bonds is 6. The third kappa shape index (κ3) is 3.67.